The van der Waals surface area contributed by atoms with Crippen molar-refractivity contribution in [2.24, 2.45) is 4.99 Å². The fraction of sp³-hybridized carbons (Fsp3) is 0.188. The Morgan fingerprint density at radius 3 is 2.37 bits per heavy atom. The van der Waals surface area contributed by atoms with Gasteiger partial charge in [-0.25, -0.2) is 0 Å². The molecule has 0 radical (unpaired) electrons. The summed E-state index contributed by atoms with van der Waals surface area (Å²) >= 11 is 0. The lowest BCUT2D eigenvalue weighted by atomic mass is 10.1. The average molecular weight is 255 g/mol. The predicted molar refractivity (Wildman–Crippen MR) is 76.9 cm³/mol. The Morgan fingerprint density at radius 2 is 1.79 bits per heavy atom. The van der Waals surface area contributed by atoms with Crippen LogP contribution in [0.4, 0.5) is 0 Å². The summed E-state index contributed by atoms with van der Waals surface area (Å²) in [5.41, 5.74) is 1.99. The van der Waals surface area contributed by atoms with Crippen LogP contribution in [-0.4, -0.2) is 25.0 Å². The van der Waals surface area contributed by atoms with Crippen LogP contribution in [0.2, 0.25) is 0 Å². The Balaban J connectivity index is 2.11. The first-order chi connectivity index (χ1) is 9.33. The van der Waals surface area contributed by atoms with Crippen LogP contribution in [0, 0.1) is 0 Å². The summed E-state index contributed by atoms with van der Waals surface area (Å²) in [5.74, 6) is 0.818. The molecule has 3 heteroatoms. The summed E-state index contributed by atoms with van der Waals surface area (Å²) in [6, 6.07) is 17.2. The number of methoxy groups -OCH3 is 1. The zero-order valence-electron chi connectivity index (χ0n) is 10.9. The van der Waals surface area contributed by atoms with Crippen molar-refractivity contribution in [3.8, 4) is 5.75 Å². The summed E-state index contributed by atoms with van der Waals surface area (Å²) in [6.45, 7) is -0.00331. The third-order valence-electron chi connectivity index (χ3n) is 2.88. The normalized spacial score (nSPS) is 12.5. The Kier molecular flexibility index (Phi) is 4.70. The fourth-order valence-electron chi connectivity index (χ4n) is 1.78. The van der Waals surface area contributed by atoms with Crippen LogP contribution in [0.25, 0.3) is 0 Å². The van der Waals surface area contributed by atoms with E-state index in [0.29, 0.717) is 0 Å². The van der Waals surface area contributed by atoms with Crippen molar-refractivity contribution in [2.75, 3.05) is 13.7 Å². The molecule has 98 valence electrons. The van der Waals surface area contributed by atoms with Gasteiger partial charge in [0.1, 0.15) is 5.75 Å². The lowest BCUT2D eigenvalue weighted by Gasteiger charge is -2.09. The number of rotatable bonds is 5. The highest BCUT2D eigenvalue weighted by Gasteiger charge is 2.06. The van der Waals surface area contributed by atoms with E-state index < -0.39 is 0 Å². The number of hydrogen-bond acceptors (Lipinski definition) is 3. The first-order valence-electron chi connectivity index (χ1n) is 6.16. The summed E-state index contributed by atoms with van der Waals surface area (Å²) in [4.78, 5) is 4.42. The van der Waals surface area contributed by atoms with Gasteiger partial charge >= 0.3 is 0 Å². The average Bonchev–Trinajstić information content (AvgIpc) is 2.49. The van der Waals surface area contributed by atoms with Crippen LogP contribution in [-0.2, 0) is 0 Å². The number of nitrogens with zero attached hydrogens (tertiary/aromatic N) is 1. The molecule has 0 amide bonds. The van der Waals surface area contributed by atoms with E-state index in [1.165, 1.54) is 0 Å². The minimum Gasteiger partial charge on any atom is -0.497 e. The quantitative estimate of drug-likeness (QED) is 0.835. The van der Waals surface area contributed by atoms with Gasteiger partial charge in [0, 0.05) is 6.21 Å². The molecule has 19 heavy (non-hydrogen) atoms. The van der Waals surface area contributed by atoms with Crippen molar-refractivity contribution < 1.29 is 9.84 Å². The van der Waals surface area contributed by atoms with Gasteiger partial charge in [-0.3, -0.25) is 4.99 Å². The molecule has 0 bridgehead atoms. The van der Waals surface area contributed by atoms with E-state index in [1.807, 2.05) is 54.6 Å². The smallest absolute Gasteiger partial charge is 0.118 e. The number of aliphatic imine (C=N–C) groups is 1. The first-order valence-corrected chi connectivity index (χ1v) is 6.16. The second-order valence-electron chi connectivity index (χ2n) is 4.16. The van der Waals surface area contributed by atoms with Crippen LogP contribution in [0.3, 0.4) is 0 Å². The highest BCUT2D eigenvalue weighted by Crippen LogP contribution is 2.16. The molecule has 0 fully saturated rings. The zero-order valence-corrected chi connectivity index (χ0v) is 10.9. The van der Waals surface area contributed by atoms with Gasteiger partial charge in [0.2, 0.25) is 0 Å². The van der Waals surface area contributed by atoms with Crippen molar-refractivity contribution >= 4 is 6.21 Å². The summed E-state index contributed by atoms with van der Waals surface area (Å²) in [7, 11) is 1.64. The second kappa shape index (κ2) is 6.71. The minimum atomic E-state index is -0.219. The largest absolute Gasteiger partial charge is 0.497 e. The number of aliphatic hydroxyl groups excluding tert-OH is 1. The molecule has 1 N–H and O–H groups in total. The second-order valence-corrected chi connectivity index (χ2v) is 4.16. The van der Waals surface area contributed by atoms with Gasteiger partial charge in [-0.2, -0.15) is 0 Å². The molecule has 0 aliphatic rings. The van der Waals surface area contributed by atoms with E-state index in [9.17, 15) is 5.11 Å². The van der Waals surface area contributed by atoms with Crippen LogP contribution in [0.15, 0.2) is 59.6 Å². The molecule has 0 saturated heterocycles. The van der Waals surface area contributed by atoms with Crippen LogP contribution in [0.1, 0.15) is 17.2 Å². The van der Waals surface area contributed by atoms with Crippen LogP contribution < -0.4 is 4.74 Å². The number of benzene rings is 2. The topological polar surface area (TPSA) is 41.8 Å². The van der Waals surface area contributed by atoms with Gasteiger partial charge in [-0.05, 0) is 35.4 Å². The highest BCUT2D eigenvalue weighted by molar-refractivity contribution is 5.80. The Hall–Kier alpha value is -2.13. The SMILES string of the molecule is COc1ccc(C=NC(CO)c2ccccc2)cc1. The molecule has 2 aromatic rings. The van der Waals surface area contributed by atoms with Crippen molar-refractivity contribution in [3.63, 3.8) is 0 Å². The molecule has 1 unspecified atom stereocenters. The maximum absolute atomic E-state index is 9.41. The van der Waals surface area contributed by atoms with Crippen LogP contribution >= 0.6 is 0 Å². The van der Waals surface area contributed by atoms with Gasteiger partial charge in [-0.1, -0.05) is 30.3 Å². The molecule has 2 aromatic carbocycles. The van der Waals surface area contributed by atoms with Crippen molar-refractivity contribution in [3.05, 3.63) is 65.7 Å². The highest BCUT2D eigenvalue weighted by atomic mass is 16.5. The lowest BCUT2D eigenvalue weighted by Crippen LogP contribution is -2.01. The Labute approximate surface area is 113 Å². The van der Waals surface area contributed by atoms with E-state index in [0.717, 1.165) is 16.9 Å². The van der Waals surface area contributed by atoms with Gasteiger partial charge in [0.15, 0.2) is 0 Å². The maximum atomic E-state index is 9.41. The van der Waals surface area contributed by atoms with Gasteiger partial charge in [-0.15, -0.1) is 0 Å². The van der Waals surface area contributed by atoms with Gasteiger partial charge < -0.3 is 9.84 Å². The molecule has 0 saturated carbocycles. The molecule has 0 aliphatic heterocycles. The van der Waals surface area contributed by atoms with Crippen LogP contribution in [0.5, 0.6) is 5.75 Å². The molecule has 0 aliphatic carbocycles. The third kappa shape index (κ3) is 3.66. The van der Waals surface area contributed by atoms with Crippen molar-refractivity contribution in [1.82, 2.24) is 0 Å². The van der Waals surface area contributed by atoms with Crippen molar-refractivity contribution in [1.29, 1.82) is 0 Å². The number of aliphatic hydroxyl groups is 1. The van der Waals surface area contributed by atoms with E-state index >= 15 is 0 Å². The Morgan fingerprint density at radius 1 is 1.11 bits per heavy atom. The minimum absolute atomic E-state index is 0.00331. The molecular weight excluding hydrogens is 238 g/mol. The molecule has 0 aromatic heterocycles. The number of ether oxygens (including phenoxy) is 1. The lowest BCUT2D eigenvalue weighted by molar-refractivity contribution is 0.269. The van der Waals surface area contributed by atoms with E-state index in [4.69, 9.17) is 4.74 Å². The van der Waals surface area contributed by atoms with E-state index in [1.54, 1.807) is 13.3 Å². The van der Waals surface area contributed by atoms with Gasteiger partial charge in [0.25, 0.3) is 0 Å². The van der Waals surface area contributed by atoms with E-state index in [2.05, 4.69) is 4.99 Å². The molecule has 0 heterocycles. The van der Waals surface area contributed by atoms with E-state index in [-0.39, 0.29) is 12.6 Å². The molecule has 0 spiro atoms. The summed E-state index contributed by atoms with van der Waals surface area (Å²) in [6.07, 6.45) is 1.77. The summed E-state index contributed by atoms with van der Waals surface area (Å²) in [5, 5.41) is 9.41. The summed E-state index contributed by atoms with van der Waals surface area (Å²) < 4.78 is 5.10. The predicted octanol–water partition coefficient (Wildman–Crippen LogP) is 2.85. The first kappa shape index (κ1) is 13.3. The standard InChI is InChI=1S/C16H17NO2/c1-19-15-9-7-13(8-10-15)11-17-16(12-18)14-5-3-2-4-6-14/h2-11,16,18H,12H2,1H3. The maximum Gasteiger partial charge on any atom is 0.118 e. The van der Waals surface area contributed by atoms with Crippen molar-refractivity contribution in [2.45, 2.75) is 6.04 Å². The molecule has 1 atom stereocenters. The fourth-order valence-corrected chi connectivity index (χ4v) is 1.78. The molecular formula is C16H17NO2. The third-order valence-corrected chi connectivity index (χ3v) is 2.88. The Bertz CT molecular complexity index is 520. The molecule has 2 rings (SSSR count). The molecule has 3 nitrogen and oxygen atoms in total. The number of hydrogen-bond donors (Lipinski definition) is 1. The zero-order chi connectivity index (χ0) is 13.5. The van der Waals surface area contributed by atoms with Gasteiger partial charge in [0.05, 0.1) is 19.8 Å². The monoisotopic (exact) mass is 255 g/mol.